The first-order valence-electron chi connectivity index (χ1n) is 8.19. The minimum Gasteiger partial charge on any atom is -0.463 e. The molecule has 1 saturated heterocycles. The Hall–Kier alpha value is -1.53. The number of halogens is 3. The lowest BCUT2D eigenvalue weighted by Crippen LogP contribution is -2.68. The minimum atomic E-state index is -1.85. The van der Waals surface area contributed by atoms with E-state index in [9.17, 15) is 19.2 Å². The SMILES string of the molecule is CC(=O)OC[C@H]1O[C@@H](N)[C@H](NC(=O)OCC(Cl)(Cl)Cl)[C@@H](OC(C)=O)[C@@H]1OC(C)=O. The number of esters is 3. The zero-order valence-electron chi connectivity index (χ0n) is 15.7. The second-order valence-corrected chi connectivity index (χ2v) is 8.47. The van der Waals surface area contributed by atoms with Crippen LogP contribution in [0, 0.1) is 0 Å². The van der Waals surface area contributed by atoms with Gasteiger partial charge in [0, 0.05) is 20.8 Å². The third-order valence-corrected chi connectivity index (χ3v) is 3.76. The van der Waals surface area contributed by atoms with E-state index in [1.165, 1.54) is 0 Å². The van der Waals surface area contributed by atoms with Crippen LogP contribution in [0.1, 0.15) is 20.8 Å². The summed E-state index contributed by atoms with van der Waals surface area (Å²) in [5.74, 6) is -2.12. The quantitative estimate of drug-likeness (QED) is 0.314. The maximum Gasteiger partial charge on any atom is 0.407 e. The minimum absolute atomic E-state index is 0.344. The van der Waals surface area contributed by atoms with Crippen molar-refractivity contribution in [2.24, 2.45) is 5.73 Å². The van der Waals surface area contributed by atoms with E-state index in [0.29, 0.717) is 0 Å². The second kappa shape index (κ2) is 11.0. The number of carbonyl (C=O) groups is 4. The largest absolute Gasteiger partial charge is 0.463 e. The highest BCUT2D eigenvalue weighted by molar-refractivity contribution is 6.67. The van der Waals surface area contributed by atoms with Gasteiger partial charge in [0.15, 0.2) is 12.2 Å². The van der Waals surface area contributed by atoms with Gasteiger partial charge in [-0.1, -0.05) is 34.8 Å². The molecule has 0 spiro atoms. The first-order valence-corrected chi connectivity index (χ1v) is 9.32. The van der Waals surface area contributed by atoms with Crippen LogP contribution in [0.25, 0.3) is 0 Å². The molecule has 1 aliphatic heterocycles. The molecular weight excluding hydrogens is 459 g/mol. The Labute approximate surface area is 181 Å². The van der Waals surface area contributed by atoms with Crippen LogP contribution in [0.15, 0.2) is 0 Å². The smallest absolute Gasteiger partial charge is 0.407 e. The van der Waals surface area contributed by atoms with Gasteiger partial charge in [0.2, 0.25) is 3.79 Å². The summed E-state index contributed by atoms with van der Waals surface area (Å²) in [5.41, 5.74) is 5.92. The zero-order chi connectivity index (χ0) is 22.4. The van der Waals surface area contributed by atoms with Crippen molar-refractivity contribution in [3.63, 3.8) is 0 Å². The first-order chi connectivity index (χ1) is 13.3. The highest BCUT2D eigenvalue weighted by Gasteiger charge is 2.50. The highest BCUT2D eigenvalue weighted by atomic mass is 35.6. The number of carbonyl (C=O) groups excluding carboxylic acids is 4. The molecule has 3 N–H and O–H groups in total. The Bertz CT molecular complexity index is 629. The number of hydrogen-bond acceptors (Lipinski definition) is 10. The van der Waals surface area contributed by atoms with E-state index in [1.807, 2.05) is 0 Å². The summed E-state index contributed by atoms with van der Waals surface area (Å²) in [6.45, 7) is 2.46. The predicted octanol–water partition coefficient (Wildman–Crippen LogP) is 0.561. The standard InChI is InChI=1S/C15H21Cl3N2O9/c1-6(21)25-4-9-11(27-7(2)22)12(28-8(3)23)10(13(19)29-9)20-14(24)26-5-15(16,17)18/h9-13H,4-5,19H2,1-3H3,(H,20,24)/t9-,10-,11-,12-,13-/m1/s1. The lowest BCUT2D eigenvalue weighted by molar-refractivity contribution is -0.222. The molecule has 0 aromatic carbocycles. The summed E-state index contributed by atoms with van der Waals surface area (Å²) < 4.78 is 23.7. The number of nitrogens with two attached hydrogens (primary N) is 1. The van der Waals surface area contributed by atoms with E-state index in [2.05, 4.69) is 5.32 Å². The van der Waals surface area contributed by atoms with Crippen LogP contribution in [0.5, 0.6) is 0 Å². The van der Waals surface area contributed by atoms with Crippen LogP contribution in [-0.4, -0.2) is 71.6 Å². The molecule has 29 heavy (non-hydrogen) atoms. The monoisotopic (exact) mass is 478 g/mol. The van der Waals surface area contributed by atoms with Gasteiger partial charge in [0.25, 0.3) is 0 Å². The zero-order valence-corrected chi connectivity index (χ0v) is 18.0. The molecule has 0 aromatic rings. The predicted molar refractivity (Wildman–Crippen MR) is 99.2 cm³/mol. The second-order valence-electron chi connectivity index (χ2n) is 5.95. The van der Waals surface area contributed by atoms with Crippen LogP contribution in [0.2, 0.25) is 0 Å². The Balaban J connectivity index is 3.06. The van der Waals surface area contributed by atoms with Gasteiger partial charge in [-0.15, -0.1) is 0 Å². The molecule has 0 bridgehead atoms. The molecule has 1 amide bonds. The van der Waals surface area contributed by atoms with Crippen LogP contribution in [-0.2, 0) is 38.1 Å². The Morgan fingerprint density at radius 3 is 2.00 bits per heavy atom. The highest BCUT2D eigenvalue weighted by Crippen LogP contribution is 2.27. The van der Waals surface area contributed by atoms with Gasteiger partial charge >= 0.3 is 24.0 Å². The van der Waals surface area contributed by atoms with E-state index in [0.717, 1.165) is 20.8 Å². The van der Waals surface area contributed by atoms with Crippen LogP contribution >= 0.6 is 34.8 Å². The van der Waals surface area contributed by atoms with Crippen molar-refractivity contribution in [1.82, 2.24) is 5.32 Å². The molecule has 14 heteroatoms. The lowest BCUT2D eigenvalue weighted by atomic mass is 9.95. The summed E-state index contributed by atoms with van der Waals surface area (Å²) in [6, 6.07) is -1.21. The van der Waals surface area contributed by atoms with Crippen molar-refractivity contribution in [3.05, 3.63) is 0 Å². The van der Waals surface area contributed by atoms with E-state index < -0.39 is 65.0 Å². The van der Waals surface area contributed by atoms with Crippen molar-refractivity contribution < 1.29 is 42.9 Å². The fourth-order valence-corrected chi connectivity index (χ4v) is 2.62. The normalized spacial score (nSPS) is 26.8. The number of ether oxygens (including phenoxy) is 5. The van der Waals surface area contributed by atoms with Crippen LogP contribution in [0.4, 0.5) is 4.79 Å². The Morgan fingerprint density at radius 1 is 0.966 bits per heavy atom. The molecule has 1 heterocycles. The molecule has 1 rings (SSSR count). The maximum atomic E-state index is 12.0. The Morgan fingerprint density at radius 2 is 1.52 bits per heavy atom. The van der Waals surface area contributed by atoms with Gasteiger partial charge < -0.3 is 34.7 Å². The van der Waals surface area contributed by atoms with E-state index in [-0.39, 0.29) is 6.61 Å². The lowest BCUT2D eigenvalue weighted by Gasteiger charge is -2.43. The average molecular weight is 480 g/mol. The Kier molecular flexibility index (Phi) is 9.69. The molecule has 0 saturated carbocycles. The van der Waals surface area contributed by atoms with E-state index in [4.69, 9.17) is 64.2 Å². The number of amides is 1. The molecule has 0 aromatic heterocycles. The van der Waals surface area contributed by atoms with Crippen molar-refractivity contribution in [3.8, 4) is 0 Å². The molecule has 0 radical (unpaired) electrons. The molecule has 1 aliphatic rings. The van der Waals surface area contributed by atoms with Gasteiger partial charge in [-0.2, -0.15) is 0 Å². The number of alkyl carbamates (subject to hydrolysis) is 1. The first kappa shape index (κ1) is 25.5. The molecule has 11 nitrogen and oxygen atoms in total. The van der Waals surface area contributed by atoms with Crippen molar-refractivity contribution in [2.45, 2.75) is 55.1 Å². The van der Waals surface area contributed by atoms with Crippen LogP contribution in [0.3, 0.4) is 0 Å². The molecule has 166 valence electrons. The number of alkyl halides is 3. The van der Waals surface area contributed by atoms with Crippen LogP contribution < -0.4 is 11.1 Å². The van der Waals surface area contributed by atoms with Gasteiger partial charge in [-0.25, -0.2) is 4.79 Å². The molecular formula is C15H21Cl3N2O9. The van der Waals surface area contributed by atoms with Crippen molar-refractivity contribution in [1.29, 1.82) is 0 Å². The molecule has 0 aliphatic carbocycles. The van der Waals surface area contributed by atoms with Crippen molar-refractivity contribution in [2.75, 3.05) is 13.2 Å². The maximum absolute atomic E-state index is 12.0. The average Bonchev–Trinajstić information content (AvgIpc) is 2.55. The van der Waals surface area contributed by atoms with Crippen molar-refractivity contribution >= 4 is 58.8 Å². The molecule has 5 atom stereocenters. The van der Waals surface area contributed by atoms with E-state index in [1.54, 1.807) is 0 Å². The summed E-state index contributed by atoms with van der Waals surface area (Å²) in [6.07, 6.45) is -5.93. The number of hydrogen-bond donors (Lipinski definition) is 2. The fourth-order valence-electron chi connectivity index (χ4n) is 2.46. The van der Waals surface area contributed by atoms with E-state index >= 15 is 0 Å². The summed E-state index contributed by atoms with van der Waals surface area (Å²) >= 11 is 16.5. The molecule has 0 unspecified atom stereocenters. The van der Waals surface area contributed by atoms with Gasteiger partial charge in [-0.3, -0.25) is 14.4 Å². The third kappa shape index (κ3) is 9.22. The summed E-state index contributed by atoms with van der Waals surface area (Å²) in [7, 11) is 0. The van der Waals surface area contributed by atoms with Gasteiger partial charge in [0.1, 0.15) is 31.6 Å². The van der Waals surface area contributed by atoms with Gasteiger partial charge in [0.05, 0.1) is 0 Å². The fraction of sp³-hybridized carbons (Fsp3) is 0.733. The molecule has 1 fully saturated rings. The number of rotatable bonds is 6. The third-order valence-electron chi connectivity index (χ3n) is 3.44. The topological polar surface area (TPSA) is 152 Å². The summed E-state index contributed by atoms with van der Waals surface area (Å²) in [5, 5.41) is 2.32. The van der Waals surface area contributed by atoms with Gasteiger partial charge in [-0.05, 0) is 0 Å². The summed E-state index contributed by atoms with van der Waals surface area (Å²) in [4.78, 5) is 46.3. The number of nitrogens with one attached hydrogen (secondary N) is 1.